The average molecular weight is 328 g/mol. The number of hydrogen-bond donors (Lipinski definition) is 3. The van der Waals surface area contributed by atoms with Crippen LogP contribution in [0, 0.1) is 0 Å². The third-order valence-corrected chi connectivity index (χ3v) is 3.67. The van der Waals surface area contributed by atoms with E-state index in [1.165, 1.54) is 0 Å². The van der Waals surface area contributed by atoms with Gasteiger partial charge >= 0.3 is 6.09 Å². The largest absolute Gasteiger partial charge is 0.506 e. The van der Waals surface area contributed by atoms with Gasteiger partial charge in [-0.15, -0.1) is 0 Å². The van der Waals surface area contributed by atoms with Crippen molar-refractivity contribution in [3.63, 3.8) is 0 Å². The summed E-state index contributed by atoms with van der Waals surface area (Å²) in [6, 6.07) is 8.90. The molecule has 0 saturated heterocycles. The number of aromatic nitrogens is 2. The molecule has 0 atom stereocenters. The molecule has 3 rings (SSSR count). The van der Waals surface area contributed by atoms with Crippen LogP contribution in [0.1, 0.15) is 32.0 Å². The normalized spacial score (nSPS) is 11.8. The fourth-order valence-electron chi connectivity index (χ4n) is 2.66. The first kappa shape index (κ1) is 16.0. The number of rotatable bonds is 2. The lowest BCUT2D eigenvalue weighted by Crippen LogP contribution is -2.27. The van der Waals surface area contributed by atoms with Gasteiger partial charge in [-0.25, -0.2) is 9.36 Å². The molecule has 1 aromatic carbocycles. The van der Waals surface area contributed by atoms with Crippen molar-refractivity contribution in [2.75, 3.05) is 0 Å². The van der Waals surface area contributed by atoms with Gasteiger partial charge in [0.15, 0.2) is 0 Å². The Balaban J connectivity index is 2.01. The second kappa shape index (κ2) is 5.63. The van der Waals surface area contributed by atoms with E-state index in [1.807, 2.05) is 30.5 Å². The van der Waals surface area contributed by atoms with Crippen LogP contribution in [0.15, 0.2) is 36.5 Å². The molecule has 0 saturated carbocycles. The number of ether oxygens (including phenoxy) is 1. The van der Waals surface area contributed by atoms with E-state index in [1.54, 1.807) is 20.8 Å². The van der Waals surface area contributed by atoms with Gasteiger partial charge in [-0.05, 0) is 32.4 Å². The highest BCUT2D eigenvalue weighted by Gasteiger charge is 2.25. The molecule has 0 radical (unpaired) electrons. The predicted octanol–water partition coefficient (Wildman–Crippen LogP) is 3.75. The molecule has 0 unspecified atom stereocenters. The lowest BCUT2D eigenvalue weighted by atomic mass is 10.1. The van der Waals surface area contributed by atoms with Gasteiger partial charge in [0.05, 0.1) is 5.69 Å². The second-order valence-corrected chi connectivity index (χ2v) is 6.69. The number of fused-ring (bicyclic) bond motifs is 1. The number of nitrogens with one attached hydrogen (secondary N) is 1. The highest BCUT2D eigenvalue weighted by molar-refractivity contribution is 5.84. The Kier molecular flexibility index (Phi) is 3.75. The highest BCUT2D eigenvalue weighted by Crippen LogP contribution is 2.32. The lowest BCUT2D eigenvalue weighted by Gasteiger charge is -2.20. The fraction of sp³-hybridized carbons (Fsp3) is 0.278. The van der Waals surface area contributed by atoms with E-state index in [-0.39, 0.29) is 23.7 Å². The summed E-state index contributed by atoms with van der Waals surface area (Å²) in [5.74, 6) is -0.500. The Morgan fingerprint density at radius 1 is 1.25 bits per heavy atom. The van der Waals surface area contributed by atoms with Gasteiger partial charge < -0.3 is 19.9 Å². The zero-order chi connectivity index (χ0) is 17.5. The molecule has 0 amide bonds. The molecular formula is C18H20N2O4. The van der Waals surface area contributed by atoms with Crippen molar-refractivity contribution in [2.24, 2.45) is 0 Å². The number of para-hydroxylation sites is 1. The van der Waals surface area contributed by atoms with Crippen molar-refractivity contribution >= 4 is 17.0 Å². The molecule has 2 heterocycles. The van der Waals surface area contributed by atoms with Gasteiger partial charge in [0, 0.05) is 29.6 Å². The summed E-state index contributed by atoms with van der Waals surface area (Å²) in [6.07, 6.45) is 1.37. The average Bonchev–Trinajstić information content (AvgIpc) is 2.99. The Morgan fingerprint density at radius 2 is 1.96 bits per heavy atom. The summed E-state index contributed by atoms with van der Waals surface area (Å²) in [5, 5.41) is 21.1. The summed E-state index contributed by atoms with van der Waals surface area (Å²) in [7, 11) is 0. The maximum Gasteiger partial charge on any atom is 0.421 e. The van der Waals surface area contributed by atoms with Gasteiger partial charge in [0.2, 0.25) is 5.88 Å². The molecular weight excluding hydrogens is 308 g/mol. The van der Waals surface area contributed by atoms with Crippen molar-refractivity contribution in [2.45, 2.75) is 32.8 Å². The summed E-state index contributed by atoms with van der Waals surface area (Å²) in [6.45, 7) is 5.22. The molecule has 0 bridgehead atoms. The van der Waals surface area contributed by atoms with Gasteiger partial charge in [-0.2, -0.15) is 0 Å². The number of aromatic hydroxyl groups is 2. The number of aromatic amines is 1. The number of H-pyrrole nitrogens is 1. The van der Waals surface area contributed by atoms with E-state index in [2.05, 4.69) is 4.98 Å². The van der Waals surface area contributed by atoms with Crippen molar-refractivity contribution in [3.8, 4) is 11.6 Å². The minimum absolute atomic E-state index is 0.149. The standard InChI is InChI=1S/C18H20N2O4/c1-18(2,3)24-17(23)20-14(15(21)9-16(20)22)8-11-10-19-13-7-5-4-6-12(11)13/h4-7,9-10,19,21-22H,8H2,1-3H3. The molecule has 3 N–H and O–H groups in total. The number of nitrogens with zero attached hydrogens (tertiary/aromatic N) is 1. The van der Waals surface area contributed by atoms with Crippen LogP contribution in [0.25, 0.3) is 10.9 Å². The summed E-state index contributed by atoms with van der Waals surface area (Å²) >= 11 is 0. The first-order valence-corrected chi connectivity index (χ1v) is 7.67. The van der Waals surface area contributed by atoms with Crippen LogP contribution in [0.4, 0.5) is 4.79 Å². The molecule has 24 heavy (non-hydrogen) atoms. The van der Waals surface area contributed by atoms with Crippen molar-refractivity contribution < 1.29 is 19.7 Å². The minimum Gasteiger partial charge on any atom is -0.506 e. The zero-order valence-electron chi connectivity index (χ0n) is 13.8. The predicted molar refractivity (Wildman–Crippen MR) is 90.5 cm³/mol. The van der Waals surface area contributed by atoms with Crippen LogP contribution in [0.5, 0.6) is 11.6 Å². The van der Waals surface area contributed by atoms with E-state index in [4.69, 9.17) is 4.74 Å². The minimum atomic E-state index is -0.727. The van der Waals surface area contributed by atoms with Crippen LogP contribution >= 0.6 is 0 Å². The van der Waals surface area contributed by atoms with E-state index >= 15 is 0 Å². The summed E-state index contributed by atoms with van der Waals surface area (Å²) in [4.78, 5) is 15.5. The number of carbonyl (C=O) groups is 1. The first-order chi connectivity index (χ1) is 11.3. The molecule has 0 aliphatic rings. The Labute approximate surface area is 139 Å². The van der Waals surface area contributed by atoms with Crippen molar-refractivity contribution in [1.29, 1.82) is 0 Å². The van der Waals surface area contributed by atoms with Crippen LogP contribution in [0.3, 0.4) is 0 Å². The molecule has 0 fully saturated rings. The molecule has 126 valence electrons. The van der Waals surface area contributed by atoms with Crippen LogP contribution in [-0.2, 0) is 11.2 Å². The molecule has 6 nitrogen and oxygen atoms in total. The van der Waals surface area contributed by atoms with Crippen LogP contribution in [-0.4, -0.2) is 31.5 Å². The number of hydrogen-bond acceptors (Lipinski definition) is 4. The third-order valence-electron chi connectivity index (χ3n) is 3.67. The first-order valence-electron chi connectivity index (χ1n) is 7.67. The smallest absolute Gasteiger partial charge is 0.421 e. The molecule has 0 aliphatic carbocycles. The quantitative estimate of drug-likeness (QED) is 0.668. The van der Waals surface area contributed by atoms with E-state index in [9.17, 15) is 15.0 Å². The van der Waals surface area contributed by atoms with Crippen molar-refractivity contribution in [3.05, 3.63) is 47.8 Å². The topological polar surface area (TPSA) is 87.5 Å². The summed E-state index contributed by atoms with van der Waals surface area (Å²) in [5.41, 5.74) is 1.45. The Morgan fingerprint density at radius 3 is 2.67 bits per heavy atom. The lowest BCUT2D eigenvalue weighted by molar-refractivity contribution is 0.0521. The van der Waals surface area contributed by atoms with E-state index in [0.717, 1.165) is 27.1 Å². The third kappa shape index (κ3) is 2.95. The zero-order valence-corrected chi connectivity index (χ0v) is 13.8. The molecule has 6 heteroatoms. The Bertz CT molecular complexity index is 900. The van der Waals surface area contributed by atoms with Gasteiger partial charge in [0.1, 0.15) is 11.4 Å². The Hall–Kier alpha value is -2.89. The number of carbonyl (C=O) groups excluding carboxylic acids is 1. The van der Waals surface area contributed by atoms with Crippen LogP contribution in [0.2, 0.25) is 0 Å². The van der Waals surface area contributed by atoms with Crippen molar-refractivity contribution in [1.82, 2.24) is 9.55 Å². The molecule has 0 aliphatic heterocycles. The van der Waals surface area contributed by atoms with Gasteiger partial charge in [0.25, 0.3) is 0 Å². The van der Waals surface area contributed by atoms with E-state index < -0.39 is 11.7 Å². The summed E-state index contributed by atoms with van der Waals surface area (Å²) < 4.78 is 6.31. The van der Waals surface area contributed by atoms with Crippen LogP contribution < -0.4 is 0 Å². The number of benzene rings is 1. The van der Waals surface area contributed by atoms with Gasteiger partial charge in [-0.3, -0.25) is 0 Å². The monoisotopic (exact) mass is 328 g/mol. The fourth-order valence-corrected chi connectivity index (χ4v) is 2.66. The second-order valence-electron chi connectivity index (χ2n) is 6.69. The molecule has 2 aromatic heterocycles. The molecule has 3 aromatic rings. The molecule has 0 spiro atoms. The maximum atomic E-state index is 12.4. The SMILES string of the molecule is CC(C)(C)OC(=O)n1c(O)cc(O)c1Cc1c[nH]c2ccccc12. The van der Waals surface area contributed by atoms with Gasteiger partial charge in [-0.1, -0.05) is 18.2 Å². The van der Waals surface area contributed by atoms with E-state index in [0.29, 0.717) is 0 Å². The maximum absolute atomic E-state index is 12.4. The highest BCUT2D eigenvalue weighted by atomic mass is 16.6.